The van der Waals surface area contributed by atoms with E-state index in [4.69, 9.17) is 17.3 Å². The molecule has 0 unspecified atom stereocenters. The van der Waals surface area contributed by atoms with E-state index in [-0.39, 0.29) is 5.82 Å². The zero-order valence-electron chi connectivity index (χ0n) is 9.79. The Morgan fingerprint density at radius 3 is 3.06 bits per heavy atom. The third-order valence-electron chi connectivity index (χ3n) is 3.31. The molecule has 2 aromatic rings. The number of rotatable bonds is 2. The van der Waals surface area contributed by atoms with E-state index in [2.05, 4.69) is 9.55 Å². The van der Waals surface area contributed by atoms with Gasteiger partial charge in [-0.15, -0.1) is 0 Å². The van der Waals surface area contributed by atoms with Crippen molar-refractivity contribution in [3.8, 4) is 11.3 Å². The van der Waals surface area contributed by atoms with Crippen molar-refractivity contribution in [3.05, 3.63) is 40.6 Å². The molecule has 3 rings (SSSR count). The third-order valence-corrected chi connectivity index (χ3v) is 3.55. The lowest BCUT2D eigenvalue weighted by atomic mass is 10.1. The number of hydrogen-bond donors (Lipinski definition) is 1. The Hall–Kier alpha value is -1.39. The normalized spacial score (nSPS) is 13.9. The maximum atomic E-state index is 13.9. The first-order valence-corrected chi connectivity index (χ1v) is 6.32. The molecule has 1 aromatic heterocycles. The lowest BCUT2D eigenvalue weighted by molar-refractivity contribution is 0.630. The van der Waals surface area contributed by atoms with Gasteiger partial charge < -0.3 is 10.3 Å². The van der Waals surface area contributed by atoms with Crippen LogP contribution < -0.4 is 5.73 Å². The van der Waals surface area contributed by atoms with Crippen LogP contribution >= 0.6 is 11.6 Å². The van der Waals surface area contributed by atoms with Crippen LogP contribution in [0, 0.1) is 5.82 Å². The minimum Gasteiger partial charge on any atom is -0.330 e. The SMILES string of the molecule is NCc1nc(-c2cc(Cl)ccc2F)c2n1CCC2. The van der Waals surface area contributed by atoms with E-state index < -0.39 is 0 Å². The Morgan fingerprint density at radius 2 is 2.28 bits per heavy atom. The van der Waals surface area contributed by atoms with Gasteiger partial charge in [0.15, 0.2) is 0 Å². The molecule has 1 aromatic carbocycles. The van der Waals surface area contributed by atoms with Crippen molar-refractivity contribution in [2.24, 2.45) is 5.73 Å². The van der Waals surface area contributed by atoms with E-state index in [0.717, 1.165) is 30.9 Å². The Labute approximate surface area is 109 Å². The molecule has 0 saturated carbocycles. The number of nitrogens with two attached hydrogens (primary N) is 1. The molecule has 1 aliphatic rings. The van der Waals surface area contributed by atoms with E-state index in [9.17, 15) is 4.39 Å². The van der Waals surface area contributed by atoms with E-state index in [1.54, 1.807) is 12.1 Å². The quantitative estimate of drug-likeness (QED) is 0.907. The highest BCUT2D eigenvalue weighted by Crippen LogP contribution is 2.32. The topological polar surface area (TPSA) is 43.8 Å². The van der Waals surface area contributed by atoms with Crippen molar-refractivity contribution >= 4 is 11.6 Å². The molecule has 0 radical (unpaired) electrons. The van der Waals surface area contributed by atoms with Gasteiger partial charge in [-0.1, -0.05) is 11.6 Å². The van der Waals surface area contributed by atoms with Crippen LogP contribution in [0.1, 0.15) is 17.9 Å². The second-order valence-corrected chi connectivity index (χ2v) is 4.84. The van der Waals surface area contributed by atoms with Gasteiger partial charge in [0.05, 0.1) is 12.2 Å². The monoisotopic (exact) mass is 265 g/mol. The Bertz CT molecular complexity index is 607. The predicted molar refractivity (Wildman–Crippen MR) is 68.8 cm³/mol. The summed E-state index contributed by atoms with van der Waals surface area (Å²) in [6.45, 7) is 1.28. The van der Waals surface area contributed by atoms with Crippen LogP contribution in [-0.4, -0.2) is 9.55 Å². The number of aromatic nitrogens is 2. The molecule has 94 valence electrons. The van der Waals surface area contributed by atoms with Crippen molar-refractivity contribution in [1.82, 2.24) is 9.55 Å². The molecule has 2 heterocycles. The number of nitrogens with zero attached hydrogens (tertiary/aromatic N) is 2. The molecular weight excluding hydrogens is 253 g/mol. The second kappa shape index (κ2) is 4.37. The van der Waals surface area contributed by atoms with Crippen molar-refractivity contribution in [2.45, 2.75) is 25.9 Å². The summed E-state index contributed by atoms with van der Waals surface area (Å²) in [7, 11) is 0. The number of halogens is 2. The number of fused-ring (bicyclic) bond motifs is 1. The Morgan fingerprint density at radius 1 is 1.44 bits per heavy atom. The van der Waals surface area contributed by atoms with E-state index in [1.165, 1.54) is 6.07 Å². The minimum absolute atomic E-state index is 0.296. The fourth-order valence-electron chi connectivity index (χ4n) is 2.51. The van der Waals surface area contributed by atoms with Gasteiger partial charge in [-0.25, -0.2) is 9.37 Å². The Balaban J connectivity index is 2.20. The van der Waals surface area contributed by atoms with Crippen LogP contribution in [0.2, 0.25) is 5.02 Å². The van der Waals surface area contributed by atoms with Gasteiger partial charge in [0.1, 0.15) is 11.6 Å². The van der Waals surface area contributed by atoms with Crippen LogP contribution in [0.15, 0.2) is 18.2 Å². The van der Waals surface area contributed by atoms with E-state index in [0.29, 0.717) is 22.8 Å². The molecule has 0 fully saturated rings. The zero-order chi connectivity index (χ0) is 12.7. The summed E-state index contributed by atoms with van der Waals surface area (Å²) in [5, 5.41) is 0.514. The zero-order valence-corrected chi connectivity index (χ0v) is 10.5. The molecule has 0 bridgehead atoms. The number of imidazole rings is 1. The molecule has 18 heavy (non-hydrogen) atoms. The average Bonchev–Trinajstić information content (AvgIpc) is 2.93. The van der Waals surface area contributed by atoms with Crippen molar-refractivity contribution in [3.63, 3.8) is 0 Å². The summed E-state index contributed by atoms with van der Waals surface area (Å²) in [6, 6.07) is 4.54. The van der Waals surface area contributed by atoms with Crippen molar-refractivity contribution < 1.29 is 4.39 Å². The lowest BCUT2D eigenvalue weighted by Crippen LogP contribution is -2.06. The summed E-state index contributed by atoms with van der Waals surface area (Å²) in [4.78, 5) is 4.46. The first-order valence-electron chi connectivity index (χ1n) is 5.94. The second-order valence-electron chi connectivity index (χ2n) is 4.41. The highest BCUT2D eigenvalue weighted by Gasteiger charge is 2.23. The molecule has 5 heteroatoms. The number of hydrogen-bond acceptors (Lipinski definition) is 2. The molecule has 0 atom stereocenters. The van der Waals surface area contributed by atoms with Crippen LogP contribution in [-0.2, 0) is 19.5 Å². The fourth-order valence-corrected chi connectivity index (χ4v) is 2.68. The number of benzene rings is 1. The first kappa shape index (κ1) is 11.7. The molecule has 3 nitrogen and oxygen atoms in total. The largest absolute Gasteiger partial charge is 0.330 e. The lowest BCUT2D eigenvalue weighted by Gasteiger charge is -2.03. The van der Waals surface area contributed by atoms with Gasteiger partial charge in [0.25, 0.3) is 0 Å². The molecule has 1 aliphatic heterocycles. The summed E-state index contributed by atoms with van der Waals surface area (Å²) in [5.74, 6) is 0.521. The maximum absolute atomic E-state index is 13.9. The highest BCUT2D eigenvalue weighted by molar-refractivity contribution is 6.30. The highest BCUT2D eigenvalue weighted by atomic mass is 35.5. The molecule has 0 saturated heterocycles. The van der Waals surface area contributed by atoms with Crippen molar-refractivity contribution in [2.75, 3.05) is 0 Å². The summed E-state index contributed by atoms with van der Waals surface area (Å²) >= 11 is 5.93. The van der Waals surface area contributed by atoms with E-state index >= 15 is 0 Å². The molecular formula is C13H13ClFN3. The smallest absolute Gasteiger partial charge is 0.132 e. The molecule has 0 spiro atoms. The van der Waals surface area contributed by atoms with Crippen LogP contribution in [0.25, 0.3) is 11.3 Å². The van der Waals surface area contributed by atoms with Gasteiger partial charge in [-0.05, 0) is 31.0 Å². The van der Waals surface area contributed by atoms with Crippen LogP contribution in [0.4, 0.5) is 4.39 Å². The summed E-state index contributed by atoms with van der Waals surface area (Å²) < 4.78 is 16.0. The summed E-state index contributed by atoms with van der Waals surface area (Å²) in [6.07, 6.45) is 1.97. The maximum Gasteiger partial charge on any atom is 0.132 e. The summed E-state index contributed by atoms with van der Waals surface area (Å²) in [5.41, 5.74) is 7.90. The van der Waals surface area contributed by atoms with Crippen LogP contribution in [0.5, 0.6) is 0 Å². The third kappa shape index (κ3) is 1.72. The first-order chi connectivity index (χ1) is 8.70. The molecule has 0 aliphatic carbocycles. The minimum atomic E-state index is -0.296. The fraction of sp³-hybridized carbons (Fsp3) is 0.308. The Kier molecular flexibility index (Phi) is 2.84. The van der Waals surface area contributed by atoms with Crippen molar-refractivity contribution in [1.29, 1.82) is 0 Å². The van der Waals surface area contributed by atoms with Gasteiger partial charge in [0, 0.05) is 22.8 Å². The molecule has 0 amide bonds. The average molecular weight is 266 g/mol. The van der Waals surface area contributed by atoms with Gasteiger partial charge >= 0.3 is 0 Å². The van der Waals surface area contributed by atoms with E-state index in [1.807, 2.05) is 0 Å². The standard InChI is InChI=1S/C13H13ClFN3/c14-8-3-4-10(15)9(6-8)13-11-2-1-5-18(11)12(7-16)17-13/h3-4,6H,1-2,5,7,16H2. The van der Waals surface area contributed by atoms with Gasteiger partial charge in [-0.3, -0.25) is 0 Å². The van der Waals surface area contributed by atoms with Gasteiger partial charge in [-0.2, -0.15) is 0 Å². The van der Waals surface area contributed by atoms with Gasteiger partial charge in [0.2, 0.25) is 0 Å². The van der Waals surface area contributed by atoms with Crippen LogP contribution in [0.3, 0.4) is 0 Å². The molecule has 2 N–H and O–H groups in total. The predicted octanol–water partition coefficient (Wildman–Crippen LogP) is 2.75.